The maximum atomic E-state index is 9.69. The van der Waals surface area contributed by atoms with Gasteiger partial charge in [0.25, 0.3) is 0 Å². The van der Waals surface area contributed by atoms with Gasteiger partial charge in [-0.2, -0.15) is 0 Å². The fourth-order valence-electron chi connectivity index (χ4n) is 2.76. The van der Waals surface area contributed by atoms with E-state index in [-0.39, 0.29) is 0 Å². The normalized spacial score (nSPS) is 23.4. The molecular weight excluding hydrogens is 210 g/mol. The third-order valence-corrected chi connectivity index (χ3v) is 3.79. The predicted octanol–water partition coefficient (Wildman–Crippen LogP) is 4.08. The topological polar surface area (TPSA) is 32.3 Å². The minimum atomic E-state index is 0.380. The molecule has 2 nitrogen and oxygen atoms in total. The molecule has 1 aliphatic rings. The number of phenolic OH excluding ortho intramolecular Hbond substituents is 1. The highest BCUT2D eigenvalue weighted by molar-refractivity contribution is 5.51. The number of aryl methyl sites for hydroxylation is 1. The monoisotopic (exact) mass is 233 g/mol. The first-order chi connectivity index (χ1) is 7.96. The zero-order chi connectivity index (χ0) is 12.5. The Hall–Kier alpha value is -1.18. The third-order valence-electron chi connectivity index (χ3n) is 3.79. The van der Waals surface area contributed by atoms with E-state index >= 15 is 0 Å². The molecule has 0 aliphatic heterocycles. The number of benzene rings is 1. The van der Waals surface area contributed by atoms with Crippen LogP contribution in [0.3, 0.4) is 0 Å². The van der Waals surface area contributed by atoms with Crippen molar-refractivity contribution >= 4 is 5.69 Å². The third kappa shape index (κ3) is 3.15. The van der Waals surface area contributed by atoms with Crippen molar-refractivity contribution in [1.82, 2.24) is 0 Å². The second kappa shape index (κ2) is 4.59. The second-order valence-electron chi connectivity index (χ2n) is 6.10. The standard InChI is InChI=1S/C15H23NO/c1-11-6-7-12(9-14(11)17)16-13-5-4-8-15(2,3)10-13/h6-7,9,13,16-17H,4-5,8,10H2,1-3H3. The van der Waals surface area contributed by atoms with Gasteiger partial charge in [0.1, 0.15) is 5.75 Å². The van der Waals surface area contributed by atoms with Gasteiger partial charge < -0.3 is 10.4 Å². The highest BCUT2D eigenvalue weighted by atomic mass is 16.3. The van der Waals surface area contributed by atoms with Crippen LogP contribution in [0.5, 0.6) is 5.75 Å². The van der Waals surface area contributed by atoms with Crippen molar-refractivity contribution in [2.45, 2.75) is 52.5 Å². The minimum absolute atomic E-state index is 0.380. The number of aromatic hydroxyl groups is 1. The summed E-state index contributed by atoms with van der Waals surface area (Å²) in [6.07, 6.45) is 5.06. The van der Waals surface area contributed by atoms with Crippen molar-refractivity contribution in [2.24, 2.45) is 5.41 Å². The highest BCUT2D eigenvalue weighted by Gasteiger charge is 2.27. The fraction of sp³-hybridized carbons (Fsp3) is 0.600. The van der Waals surface area contributed by atoms with Crippen LogP contribution in [-0.2, 0) is 0 Å². The van der Waals surface area contributed by atoms with Gasteiger partial charge in [0.05, 0.1) is 0 Å². The molecule has 2 N–H and O–H groups in total. The lowest BCUT2D eigenvalue weighted by Crippen LogP contribution is -2.31. The summed E-state index contributed by atoms with van der Waals surface area (Å²) < 4.78 is 0. The lowest BCUT2D eigenvalue weighted by atomic mass is 9.75. The van der Waals surface area contributed by atoms with Gasteiger partial charge in [0.2, 0.25) is 0 Å². The van der Waals surface area contributed by atoms with E-state index in [9.17, 15) is 5.11 Å². The summed E-state index contributed by atoms with van der Waals surface area (Å²) >= 11 is 0. The van der Waals surface area contributed by atoms with Crippen molar-refractivity contribution in [3.05, 3.63) is 23.8 Å². The molecule has 1 aliphatic carbocycles. The quantitative estimate of drug-likeness (QED) is 0.806. The van der Waals surface area contributed by atoms with Gasteiger partial charge in [-0.3, -0.25) is 0 Å². The highest BCUT2D eigenvalue weighted by Crippen LogP contribution is 2.36. The van der Waals surface area contributed by atoms with Crippen LogP contribution in [0.2, 0.25) is 0 Å². The van der Waals surface area contributed by atoms with Crippen LogP contribution < -0.4 is 5.32 Å². The van der Waals surface area contributed by atoms with Crippen LogP contribution in [0.25, 0.3) is 0 Å². The van der Waals surface area contributed by atoms with Crippen molar-refractivity contribution in [2.75, 3.05) is 5.32 Å². The van der Waals surface area contributed by atoms with E-state index < -0.39 is 0 Å². The van der Waals surface area contributed by atoms with Crippen LogP contribution in [0.15, 0.2) is 18.2 Å². The summed E-state index contributed by atoms with van der Waals surface area (Å²) in [5, 5.41) is 13.2. The molecule has 0 saturated heterocycles. The summed E-state index contributed by atoms with van der Waals surface area (Å²) in [4.78, 5) is 0. The summed E-state index contributed by atoms with van der Waals surface area (Å²) in [6.45, 7) is 6.60. The Morgan fingerprint density at radius 1 is 1.35 bits per heavy atom. The molecule has 2 heteroatoms. The first-order valence-electron chi connectivity index (χ1n) is 6.52. The van der Waals surface area contributed by atoms with Gasteiger partial charge in [-0.25, -0.2) is 0 Å². The molecule has 0 spiro atoms. The van der Waals surface area contributed by atoms with E-state index in [4.69, 9.17) is 0 Å². The SMILES string of the molecule is Cc1ccc(NC2CCCC(C)(C)C2)cc1O. The smallest absolute Gasteiger partial charge is 0.120 e. The number of phenols is 1. The van der Waals surface area contributed by atoms with Gasteiger partial charge in [0, 0.05) is 17.8 Å². The molecule has 1 aromatic carbocycles. The van der Waals surface area contributed by atoms with Gasteiger partial charge in [-0.15, -0.1) is 0 Å². The van der Waals surface area contributed by atoms with E-state index in [1.54, 1.807) is 0 Å². The molecule has 2 rings (SSSR count). The van der Waals surface area contributed by atoms with Crippen LogP contribution in [0, 0.1) is 12.3 Å². The molecule has 1 aromatic rings. The molecule has 17 heavy (non-hydrogen) atoms. The molecule has 0 amide bonds. The Morgan fingerprint density at radius 2 is 2.12 bits per heavy atom. The molecule has 1 fully saturated rings. The lowest BCUT2D eigenvalue weighted by Gasteiger charge is -2.36. The van der Waals surface area contributed by atoms with Crippen LogP contribution in [0.4, 0.5) is 5.69 Å². The number of nitrogens with one attached hydrogen (secondary N) is 1. The molecule has 0 heterocycles. The van der Waals surface area contributed by atoms with Gasteiger partial charge >= 0.3 is 0 Å². The van der Waals surface area contributed by atoms with Crippen molar-refractivity contribution in [1.29, 1.82) is 0 Å². The van der Waals surface area contributed by atoms with E-state index in [0.717, 1.165) is 11.3 Å². The number of anilines is 1. The Balaban J connectivity index is 2.03. The van der Waals surface area contributed by atoms with Crippen LogP contribution in [-0.4, -0.2) is 11.1 Å². The van der Waals surface area contributed by atoms with E-state index in [2.05, 4.69) is 25.2 Å². The zero-order valence-corrected chi connectivity index (χ0v) is 11.1. The minimum Gasteiger partial charge on any atom is -0.508 e. The Labute approximate surface area is 104 Å². The molecule has 94 valence electrons. The lowest BCUT2D eigenvalue weighted by molar-refractivity contribution is 0.229. The summed E-state index contributed by atoms with van der Waals surface area (Å²) in [6, 6.07) is 6.39. The van der Waals surface area contributed by atoms with Crippen molar-refractivity contribution in [3.8, 4) is 5.75 Å². The summed E-state index contributed by atoms with van der Waals surface area (Å²) in [5.74, 6) is 0.380. The molecule has 0 radical (unpaired) electrons. The predicted molar refractivity (Wildman–Crippen MR) is 72.5 cm³/mol. The number of hydrogen-bond acceptors (Lipinski definition) is 2. The Bertz CT molecular complexity index is 398. The zero-order valence-electron chi connectivity index (χ0n) is 11.1. The first-order valence-corrected chi connectivity index (χ1v) is 6.52. The number of hydrogen-bond donors (Lipinski definition) is 2. The Morgan fingerprint density at radius 3 is 2.76 bits per heavy atom. The second-order valence-corrected chi connectivity index (χ2v) is 6.10. The molecule has 0 aromatic heterocycles. The van der Waals surface area contributed by atoms with Gasteiger partial charge in [-0.1, -0.05) is 26.3 Å². The molecule has 1 atom stereocenters. The average Bonchev–Trinajstić information content (AvgIpc) is 2.22. The fourth-order valence-corrected chi connectivity index (χ4v) is 2.76. The van der Waals surface area contributed by atoms with Crippen LogP contribution in [0.1, 0.15) is 45.1 Å². The maximum absolute atomic E-state index is 9.69. The van der Waals surface area contributed by atoms with Crippen LogP contribution >= 0.6 is 0 Å². The van der Waals surface area contributed by atoms with E-state index in [1.807, 2.05) is 19.1 Å². The van der Waals surface area contributed by atoms with E-state index in [0.29, 0.717) is 17.2 Å². The molecule has 0 bridgehead atoms. The van der Waals surface area contributed by atoms with Gasteiger partial charge in [0.15, 0.2) is 0 Å². The largest absolute Gasteiger partial charge is 0.508 e. The number of rotatable bonds is 2. The summed E-state index contributed by atoms with van der Waals surface area (Å²) in [7, 11) is 0. The van der Waals surface area contributed by atoms with E-state index in [1.165, 1.54) is 25.7 Å². The average molecular weight is 233 g/mol. The Kier molecular flexibility index (Phi) is 3.32. The van der Waals surface area contributed by atoms with Crippen molar-refractivity contribution < 1.29 is 5.11 Å². The van der Waals surface area contributed by atoms with Crippen molar-refractivity contribution in [3.63, 3.8) is 0 Å². The summed E-state index contributed by atoms with van der Waals surface area (Å²) in [5.41, 5.74) is 2.41. The molecule has 1 unspecified atom stereocenters. The first kappa shape index (κ1) is 12.3. The van der Waals surface area contributed by atoms with Gasteiger partial charge in [-0.05, 0) is 43.2 Å². The maximum Gasteiger partial charge on any atom is 0.120 e. The molecular formula is C15H23NO. The molecule has 1 saturated carbocycles.